The second-order valence-electron chi connectivity index (χ2n) is 5.89. The van der Waals surface area contributed by atoms with Gasteiger partial charge in [-0.25, -0.2) is 8.78 Å². The summed E-state index contributed by atoms with van der Waals surface area (Å²) < 4.78 is 38.2. The van der Waals surface area contributed by atoms with Gasteiger partial charge in [-0.1, -0.05) is 0 Å². The van der Waals surface area contributed by atoms with Gasteiger partial charge >= 0.3 is 0 Å². The number of benzene rings is 1. The number of ether oxygens (including phenoxy) is 2. The van der Waals surface area contributed by atoms with Crippen molar-refractivity contribution in [1.29, 1.82) is 0 Å². The van der Waals surface area contributed by atoms with Crippen molar-refractivity contribution in [1.82, 2.24) is 10.2 Å². The lowest BCUT2D eigenvalue weighted by Gasteiger charge is -2.28. The summed E-state index contributed by atoms with van der Waals surface area (Å²) in [5, 5.41) is 2.71. The number of hydrogen-bond donors (Lipinski definition) is 1. The molecule has 0 aromatic heterocycles. The van der Waals surface area contributed by atoms with Gasteiger partial charge in [0.15, 0.2) is 0 Å². The Balaban J connectivity index is 1.73. The molecule has 1 aromatic carbocycles. The number of carbonyl (C=O) groups excluding carboxylic acids is 1. The van der Waals surface area contributed by atoms with Crippen LogP contribution in [-0.2, 0) is 4.74 Å². The maximum absolute atomic E-state index is 14.0. The first-order chi connectivity index (χ1) is 11.1. The van der Waals surface area contributed by atoms with E-state index in [1.807, 2.05) is 0 Å². The molecule has 2 aliphatic rings. The van der Waals surface area contributed by atoms with Gasteiger partial charge < -0.3 is 14.8 Å². The van der Waals surface area contributed by atoms with Crippen molar-refractivity contribution in [3.8, 4) is 5.75 Å². The van der Waals surface area contributed by atoms with E-state index >= 15 is 0 Å². The van der Waals surface area contributed by atoms with Crippen molar-refractivity contribution >= 4 is 5.91 Å². The second-order valence-corrected chi connectivity index (χ2v) is 5.89. The molecule has 0 unspecified atom stereocenters. The van der Waals surface area contributed by atoms with Gasteiger partial charge in [-0.05, 0) is 25.9 Å². The van der Waals surface area contributed by atoms with Crippen LogP contribution in [0.4, 0.5) is 8.78 Å². The summed E-state index contributed by atoms with van der Waals surface area (Å²) in [6.45, 7) is 2.81. The van der Waals surface area contributed by atoms with E-state index in [0.29, 0.717) is 13.2 Å². The van der Waals surface area contributed by atoms with Crippen LogP contribution in [0, 0.1) is 11.6 Å². The lowest BCUT2D eigenvalue weighted by molar-refractivity contribution is 0.0908. The summed E-state index contributed by atoms with van der Waals surface area (Å²) in [5.74, 6) is -2.59. The Morgan fingerprint density at radius 3 is 2.52 bits per heavy atom. The van der Waals surface area contributed by atoms with Gasteiger partial charge in [-0.2, -0.15) is 0 Å². The summed E-state index contributed by atoms with van der Waals surface area (Å²) in [4.78, 5) is 14.6. The monoisotopic (exact) mass is 326 g/mol. The van der Waals surface area contributed by atoms with Gasteiger partial charge in [0.2, 0.25) is 0 Å². The van der Waals surface area contributed by atoms with Gasteiger partial charge in [-0.3, -0.25) is 9.69 Å². The summed E-state index contributed by atoms with van der Waals surface area (Å²) in [7, 11) is 1.31. The SMILES string of the molecule is COc1cc(F)c(C(=O)N[C@@H]2COC[C@H]2N2CCCC2)c(F)c1. The summed E-state index contributed by atoms with van der Waals surface area (Å²) >= 11 is 0. The van der Waals surface area contributed by atoms with Crippen molar-refractivity contribution in [3.05, 3.63) is 29.3 Å². The quantitative estimate of drug-likeness (QED) is 0.912. The first-order valence-corrected chi connectivity index (χ1v) is 7.76. The molecule has 3 rings (SSSR count). The molecule has 1 aromatic rings. The van der Waals surface area contributed by atoms with E-state index in [9.17, 15) is 13.6 Å². The topological polar surface area (TPSA) is 50.8 Å². The molecule has 0 bridgehead atoms. The average molecular weight is 326 g/mol. The number of halogens is 2. The lowest BCUT2D eigenvalue weighted by Crippen LogP contribution is -2.50. The van der Waals surface area contributed by atoms with Gasteiger partial charge in [0.1, 0.15) is 22.9 Å². The van der Waals surface area contributed by atoms with Crippen LogP contribution in [0.25, 0.3) is 0 Å². The average Bonchev–Trinajstić information content (AvgIpc) is 3.16. The molecule has 1 amide bonds. The van der Waals surface area contributed by atoms with Crippen molar-refractivity contribution in [2.45, 2.75) is 24.9 Å². The maximum atomic E-state index is 14.0. The third kappa shape index (κ3) is 3.30. The zero-order chi connectivity index (χ0) is 16.4. The Bertz CT molecular complexity index is 568. The molecule has 2 fully saturated rings. The van der Waals surface area contributed by atoms with Crippen LogP contribution >= 0.6 is 0 Å². The van der Waals surface area contributed by atoms with E-state index in [0.717, 1.165) is 38.1 Å². The van der Waals surface area contributed by atoms with Gasteiger partial charge in [0.05, 0.1) is 32.4 Å². The molecule has 2 atom stereocenters. The number of rotatable bonds is 4. The highest BCUT2D eigenvalue weighted by Crippen LogP contribution is 2.22. The van der Waals surface area contributed by atoms with E-state index in [1.54, 1.807) is 0 Å². The molecule has 0 radical (unpaired) electrons. The fourth-order valence-corrected chi connectivity index (χ4v) is 3.24. The van der Waals surface area contributed by atoms with Crippen LogP contribution in [0.15, 0.2) is 12.1 Å². The van der Waals surface area contributed by atoms with Crippen molar-refractivity contribution in [2.24, 2.45) is 0 Å². The van der Waals surface area contributed by atoms with E-state index in [-0.39, 0.29) is 17.8 Å². The number of carbonyl (C=O) groups is 1. The predicted octanol–water partition coefficient (Wildman–Crippen LogP) is 1.57. The predicted molar refractivity (Wildman–Crippen MR) is 79.6 cm³/mol. The van der Waals surface area contributed by atoms with Gasteiger partial charge in [0, 0.05) is 12.1 Å². The number of hydrogen-bond acceptors (Lipinski definition) is 4. The highest BCUT2D eigenvalue weighted by Gasteiger charge is 2.36. The Hall–Kier alpha value is -1.73. The third-order valence-electron chi connectivity index (χ3n) is 4.46. The molecule has 2 saturated heterocycles. The molecule has 126 valence electrons. The molecule has 0 spiro atoms. The first-order valence-electron chi connectivity index (χ1n) is 7.76. The number of nitrogens with zero attached hydrogens (tertiary/aromatic N) is 1. The van der Waals surface area contributed by atoms with Crippen LogP contribution in [0.1, 0.15) is 23.2 Å². The van der Waals surface area contributed by atoms with Crippen LogP contribution < -0.4 is 10.1 Å². The van der Waals surface area contributed by atoms with Crippen molar-refractivity contribution < 1.29 is 23.0 Å². The van der Waals surface area contributed by atoms with Crippen LogP contribution in [0.3, 0.4) is 0 Å². The Labute approximate surface area is 133 Å². The minimum atomic E-state index is -0.934. The van der Waals surface area contributed by atoms with E-state index < -0.39 is 23.1 Å². The van der Waals surface area contributed by atoms with E-state index in [2.05, 4.69) is 10.2 Å². The van der Waals surface area contributed by atoms with Gasteiger partial charge in [-0.15, -0.1) is 0 Å². The van der Waals surface area contributed by atoms with Crippen molar-refractivity contribution in [2.75, 3.05) is 33.4 Å². The Kier molecular flexibility index (Phi) is 4.77. The first kappa shape index (κ1) is 16.1. The lowest BCUT2D eigenvalue weighted by atomic mass is 10.1. The largest absolute Gasteiger partial charge is 0.497 e. The maximum Gasteiger partial charge on any atom is 0.257 e. The zero-order valence-electron chi connectivity index (χ0n) is 13.0. The standard InChI is InChI=1S/C16H20F2N2O3/c1-22-10-6-11(17)15(12(18)7-10)16(21)19-13-8-23-9-14(13)20-4-2-3-5-20/h6-7,13-14H,2-5,8-9H2,1H3,(H,19,21)/t13-,14-/m1/s1. The summed E-state index contributed by atoms with van der Waals surface area (Å²) in [6, 6.07) is 1.80. The fraction of sp³-hybridized carbons (Fsp3) is 0.562. The highest BCUT2D eigenvalue weighted by atomic mass is 19.1. The number of methoxy groups -OCH3 is 1. The molecule has 2 heterocycles. The van der Waals surface area contributed by atoms with E-state index in [1.165, 1.54) is 7.11 Å². The third-order valence-corrected chi connectivity index (χ3v) is 4.46. The molecule has 0 saturated carbocycles. The molecule has 23 heavy (non-hydrogen) atoms. The molecule has 0 aliphatic carbocycles. The number of nitrogens with one attached hydrogen (secondary N) is 1. The normalized spacial score (nSPS) is 24.8. The minimum Gasteiger partial charge on any atom is -0.497 e. The molecule has 2 aliphatic heterocycles. The van der Waals surface area contributed by atoms with E-state index in [4.69, 9.17) is 9.47 Å². The van der Waals surface area contributed by atoms with Crippen LogP contribution in [0.5, 0.6) is 5.75 Å². The summed E-state index contributed by atoms with van der Waals surface area (Å²) in [5.41, 5.74) is -0.585. The number of amides is 1. The van der Waals surface area contributed by atoms with Crippen LogP contribution in [0.2, 0.25) is 0 Å². The molecule has 5 nitrogen and oxygen atoms in total. The van der Waals surface area contributed by atoms with Gasteiger partial charge in [0.25, 0.3) is 5.91 Å². The minimum absolute atomic E-state index is 0.0377. The molecule has 7 heteroatoms. The fourth-order valence-electron chi connectivity index (χ4n) is 3.24. The highest BCUT2D eigenvalue weighted by molar-refractivity contribution is 5.95. The van der Waals surface area contributed by atoms with Crippen molar-refractivity contribution in [3.63, 3.8) is 0 Å². The molecular formula is C16H20F2N2O3. The molecule has 1 N–H and O–H groups in total. The van der Waals surface area contributed by atoms with Crippen LogP contribution in [-0.4, -0.2) is 56.3 Å². The smallest absolute Gasteiger partial charge is 0.257 e. The molecular weight excluding hydrogens is 306 g/mol. The zero-order valence-corrected chi connectivity index (χ0v) is 13.0. The summed E-state index contributed by atoms with van der Waals surface area (Å²) in [6.07, 6.45) is 2.25. The number of likely N-dealkylation sites (tertiary alicyclic amines) is 1. The Morgan fingerprint density at radius 2 is 1.91 bits per heavy atom. The Morgan fingerprint density at radius 1 is 1.26 bits per heavy atom. The second kappa shape index (κ2) is 6.80.